The topological polar surface area (TPSA) is 94.9 Å². The van der Waals surface area contributed by atoms with E-state index in [1.54, 1.807) is 19.1 Å². The lowest BCUT2D eigenvalue weighted by Gasteiger charge is -2.01. The monoisotopic (exact) mass is 236 g/mol. The van der Waals surface area contributed by atoms with Gasteiger partial charge in [-0.3, -0.25) is 10.1 Å². The lowest BCUT2D eigenvalue weighted by molar-refractivity contribution is -0.384. The molecule has 1 heterocycles. The third-order valence-corrected chi connectivity index (χ3v) is 2.87. The van der Waals surface area contributed by atoms with Crippen LogP contribution in [0.25, 0.3) is 10.6 Å². The molecule has 6 nitrogen and oxygen atoms in total. The molecule has 2 rings (SSSR count). The highest BCUT2D eigenvalue weighted by Gasteiger charge is 2.20. The third kappa shape index (κ3) is 1.72. The number of nitro benzene ring substituents is 1. The van der Waals surface area contributed by atoms with E-state index in [1.165, 1.54) is 6.07 Å². The number of nitrogen functional groups attached to an aromatic ring is 1. The van der Waals surface area contributed by atoms with Crippen molar-refractivity contribution in [3.8, 4) is 10.6 Å². The van der Waals surface area contributed by atoms with Gasteiger partial charge in [0.05, 0.1) is 10.5 Å². The molecular weight excluding hydrogens is 228 g/mol. The summed E-state index contributed by atoms with van der Waals surface area (Å²) in [6.07, 6.45) is 0. The molecule has 0 unspecified atom stereocenters. The van der Waals surface area contributed by atoms with Crippen LogP contribution in [0.5, 0.6) is 0 Å². The molecule has 0 aliphatic rings. The minimum atomic E-state index is -0.431. The van der Waals surface area contributed by atoms with E-state index in [9.17, 15) is 10.1 Å². The summed E-state index contributed by atoms with van der Waals surface area (Å²) in [5, 5.41) is 19.1. The standard InChI is InChI=1S/C9H8N4O2S/c1-5-3-2-4-6(13(14)15)7(5)8-11-12-9(10)16-8/h2-4H,1H3,(H2,10,12). The van der Waals surface area contributed by atoms with E-state index >= 15 is 0 Å². The van der Waals surface area contributed by atoms with Gasteiger partial charge in [0.25, 0.3) is 5.69 Å². The van der Waals surface area contributed by atoms with Crippen molar-refractivity contribution in [1.82, 2.24) is 10.2 Å². The summed E-state index contributed by atoms with van der Waals surface area (Å²) in [6.45, 7) is 1.79. The summed E-state index contributed by atoms with van der Waals surface area (Å²) in [6, 6.07) is 4.88. The summed E-state index contributed by atoms with van der Waals surface area (Å²) in [7, 11) is 0. The minimum absolute atomic E-state index is 0.0242. The summed E-state index contributed by atoms with van der Waals surface area (Å²) in [5.41, 5.74) is 6.76. The average Bonchev–Trinajstić information content (AvgIpc) is 2.64. The van der Waals surface area contributed by atoms with Crippen molar-refractivity contribution in [1.29, 1.82) is 0 Å². The zero-order valence-electron chi connectivity index (χ0n) is 8.38. The van der Waals surface area contributed by atoms with Crippen molar-refractivity contribution < 1.29 is 4.92 Å². The molecule has 2 aromatic rings. The molecule has 0 spiro atoms. The molecule has 7 heteroatoms. The molecule has 0 aliphatic carbocycles. The highest BCUT2D eigenvalue weighted by atomic mass is 32.1. The number of rotatable bonds is 2. The van der Waals surface area contributed by atoms with Crippen LogP contribution in [0.1, 0.15) is 5.56 Å². The van der Waals surface area contributed by atoms with Gasteiger partial charge in [-0.15, -0.1) is 10.2 Å². The number of aromatic nitrogens is 2. The van der Waals surface area contributed by atoms with Gasteiger partial charge in [-0.1, -0.05) is 23.5 Å². The van der Waals surface area contributed by atoms with Gasteiger partial charge in [-0.2, -0.15) is 0 Å². The number of nitrogens with zero attached hydrogens (tertiary/aromatic N) is 3. The normalized spacial score (nSPS) is 10.3. The zero-order valence-corrected chi connectivity index (χ0v) is 9.19. The van der Waals surface area contributed by atoms with E-state index in [4.69, 9.17) is 5.73 Å². The summed E-state index contributed by atoms with van der Waals surface area (Å²) in [4.78, 5) is 10.5. The van der Waals surface area contributed by atoms with Crippen LogP contribution in [0, 0.1) is 17.0 Å². The van der Waals surface area contributed by atoms with Crippen molar-refractivity contribution in [2.75, 3.05) is 5.73 Å². The van der Waals surface area contributed by atoms with Crippen LogP contribution in [-0.2, 0) is 0 Å². The molecule has 82 valence electrons. The van der Waals surface area contributed by atoms with Gasteiger partial charge >= 0.3 is 0 Å². The molecular formula is C9H8N4O2S. The highest BCUT2D eigenvalue weighted by molar-refractivity contribution is 7.18. The van der Waals surface area contributed by atoms with Gasteiger partial charge in [-0.25, -0.2) is 0 Å². The average molecular weight is 236 g/mol. The fourth-order valence-corrected chi connectivity index (χ4v) is 2.15. The minimum Gasteiger partial charge on any atom is -0.374 e. The summed E-state index contributed by atoms with van der Waals surface area (Å²) < 4.78 is 0. The Morgan fingerprint density at radius 1 is 1.44 bits per heavy atom. The second-order valence-electron chi connectivity index (χ2n) is 3.17. The first-order chi connectivity index (χ1) is 7.59. The molecule has 0 amide bonds. The quantitative estimate of drug-likeness (QED) is 0.635. The Labute approximate surface area is 94.9 Å². The third-order valence-electron chi connectivity index (χ3n) is 2.10. The molecule has 1 aromatic heterocycles. The first-order valence-corrected chi connectivity index (χ1v) is 5.24. The Morgan fingerprint density at radius 2 is 2.19 bits per heavy atom. The highest BCUT2D eigenvalue weighted by Crippen LogP contribution is 2.34. The van der Waals surface area contributed by atoms with E-state index in [-0.39, 0.29) is 5.69 Å². The molecule has 0 fully saturated rings. The van der Waals surface area contributed by atoms with Crippen molar-refractivity contribution in [2.24, 2.45) is 0 Å². The van der Waals surface area contributed by atoms with Crippen LogP contribution < -0.4 is 5.73 Å². The second-order valence-corrected chi connectivity index (χ2v) is 4.18. The number of nitrogens with two attached hydrogens (primary N) is 1. The van der Waals surface area contributed by atoms with Crippen molar-refractivity contribution in [2.45, 2.75) is 6.92 Å². The van der Waals surface area contributed by atoms with E-state index in [0.29, 0.717) is 15.7 Å². The van der Waals surface area contributed by atoms with Gasteiger partial charge < -0.3 is 5.73 Å². The molecule has 2 N–H and O–H groups in total. The number of benzene rings is 1. The van der Waals surface area contributed by atoms with Crippen LogP contribution in [0.15, 0.2) is 18.2 Å². The lowest BCUT2D eigenvalue weighted by atomic mass is 10.1. The maximum Gasteiger partial charge on any atom is 0.279 e. The SMILES string of the molecule is Cc1cccc([N+](=O)[O-])c1-c1nnc(N)s1. The molecule has 0 saturated heterocycles. The van der Waals surface area contributed by atoms with E-state index in [2.05, 4.69) is 10.2 Å². The van der Waals surface area contributed by atoms with E-state index in [1.807, 2.05) is 0 Å². The van der Waals surface area contributed by atoms with Crippen LogP contribution in [0.3, 0.4) is 0 Å². The van der Waals surface area contributed by atoms with Crippen LogP contribution in [-0.4, -0.2) is 15.1 Å². The van der Waals surface area contributed by atoms with Gasteiger partial charge in [0.1, 0.15) is 0 Å². The van der Waals surface area contributed by atoms with Crippen LogP contribution in [0.4, 0.5) is 10.8 Å². The lowest BCUT2D eigenvalue weighted by Crippen LogP contribution is -1.93. The van der Waals surface area contributed by atoms with Crippen molar-refractivity contribution >= 4 is 22.2 Å². The summed E-state index contributed by atoms with van der Waals surface area (Å²) in [5.74, 6) is 0. The maximum atomic E-state index is 10.9. The Balaban J connectivity index is 2.67. The fourth-order valence-electron chi connectivity index (χ4n) is 1.42. The molecule has 0 aliphatic heterocycles. The predicted octanol–water partition coefficient (Wildman–Crippen LogP) is 2.00. The van der Waals surface area contributed by atoms with Gasteiger partial charge in [0.2, 0.25) is 5.13 Å². The van der Waals surface area contributed by atoms with Crippen molar-refractivity contribution in [3.63, 3.8) is 0 Å². The molecule has 1 aromatic carbocycles. The smallest absolute Gasteiger partial charge is 0.279 e. The molecule has 0 atom stereocenters. The maximum absolute atomic E-state index is 10.9. The first kappa shape index (κ1) is 10.5. The number of anilines is 1. The number of aryl methyl sites for hydroxylation is 1. The number of hydrogen-bond donors (Lipinski definition) is 1. The predicted molar refractivity (Wildman–Crippen MR) is 61.1 cm³/mol. The Morgan fingerprint density at radius 3 is 2.75 bits per heavy atom. The number of hydrogen-bond acceptors (Lipinski definition) is 6. The molecule has 16 heavy (non-hydrogen) atoms. The Bertz CT molecular complexity index is 552. The molecule has 0 bridgehead atoms. The van der Waals surface area contributed by atoms with E-state index in [0.717, 1.165) is 16.9 Å². The second kappa shape index (κ2) is 3.86. The molecule has 0 saturated carbocycles. The van der Waals surface area contributed by atoms with Crippen molar-refractivity contribution in [3.05, 3.63) is 33.9 Å². The Hall–Kier alpha value is -2.02. The summed E-state index contributed by atoms with van der Waals surface area (Å²) >= 11 is 1.14. The van der Waals surface area contributed by atoms with Crippen LogP contribution in [0.2, 0.25) is 0 Å². The largest absolute Gasteiger partial charge is 0.374 e. The van der Waals surface area contributed by atoms with E-state index < -0.39 is 4.92 Å². The fraction of sp³-hybridized carbons (Fsp3) is 0.111. The molecule has 0 radical (unpaired) electrons. The number of nitro groups is 1. The Kier molecular flexibility index (Phi) is 2.53. The van der Waals surface area contributed by atoms with Gasteiger partial charge in [0, 0.05) is 6.07 Å². The van der Waals surface area contributed by atoms with Gasteiger partial charge in [-0.05, 0) is 12.5 Å². The van der Waals surface area contributed by atoms with Gasteiger partial charge in [0.15, 0.2) is 5.01 Å². The zero-order chi connectivity index (χ0) is 11.7. The van der Waals surface area contributed by atoms with Crippen LogP contribution >= 0.6 is 11.3 Å². The first-order valence-electron chi connectivity index (χ1n) is 4.43.